The second kappa shape index (κ2) is 22.1. The first-order chi connectivity index (χ1) is 39.6. The molecule has 11 aromatic carbocycles. The minimum absolute atomic E-state index is 1.10. The molecule has 0 aliphatic carbocycles. The van der Waals surface area contributed by atoms with E-state index in [1.807, 2.05) is 11.3 Å². The van der Waals surface area contributed by atoms with Crippen molar-refractivity contribution in [3.8, 4) is 22.3 Å². The van der Waals surface area contributed by atoms with Crippen LogP contribution in [0, 0.1) is 69.2 Å². The molecule has 0 radical (unpaired) electrons. The molecule has 12 aromatic rings. The molecule has 0 amide bonds. The van der Waals surface area contributed by atoms with Crippen molar-refractivity contribution in [3.05, 3.63) is 280 Å². The predicted octanol–water partition coefficient (Wildman–Crippen LogP) is 22.7. The standard InChI is InChI=1S/C77H70N4S/c1-49-12-35-71(54(6)42-49)78(11)67-33-40-76-69(47-67)70-48-68(34-41-77(70)82-76)80(73-37-14-51(3)44-56(73)8)65-29-21-61(22-30-65)59-17-25-63(26-18-59)79(72-36-13-50(2)43-55(72)7)64-27-19-60(20-28-64)62-23-31-66(32-24-62)81(74-38-15-52(4)45-57(74)9)75-39-16-53(5)46-58(75)10/h12-48H,1-11H3. The Balaban J connectivity index is 0.841. The molecule has 0 aliphatic heterocycles. The first-order valence-corrected chi connectivity index (χ1v) is 29.3. The van der Waals surface area contributed by atoms with E-state index in [4.69, 9.17) is 0 Å². The van der Waals surface area contributed by atoms with E-state index in [0.29, 0.717) is 0 Å². The third-order valence-corrected chi connectivity index (χ3v) is 17.5. The molecule has 0 bridgehead atoms. The number of thiophene rings is 1. The number of benzene rings is 11. The quantitative estimate of drug-likeness (QED) is 0.114. The van der Waals surface area contributed by atoms with Crippen molar-refractivity contribution in [1.29, 1.82) is 0 Å². The molecule has 0 N–H and O–H groups in total. The largest absolute Gasteiger partial charge is 0.344 e. The van der Waals surface area contributed by atoms with Crippen LogP contribution < -0.4 is 19.6 Å². The van der Waals surface area contributed by atoms with Gasteiger partial charge in [-0.2, -0.15) is 0 Å². The first kappa shape index (κ1) is 53.5. The highest BCUT2D eigenvalue weighted by molar-refractivity contribution is 7.25. The van der Waals surface area contributed by atoms with E-state index >= 15 is 0 Å². The Bertz CT molecular complexity index is 4290. The van der Waals surface area contributed by atoms with E-state index < -0.39 is 0 Å². The monoisotopic (exact) mass is 1080 g/mol. The Morgan fingerprint density at radius 1 is 0.232 bits per heavy atom. The number of nitrogens with zero attached hydrogens (tertiary/aromatic N) is 4. The molecule has 0 saturated carbocycles. The molecule has 82 heavy (non-hydrogen) atoms. The summed E-state index contributed by atoms with van der Waals surface area (Å²) in [5, 5.41) is 2.54. The van der Waals surface area contributed by atoms with Gasteiger partial charge >= 0.3 is 0 Å². The van der Waals surface area contributed by atoms with E-state index in [1.165, 1.54) is 115 Å². The average molecular weight is 1080 g/mol. The van der Waals surface area contributed by atoms with Gasteiger partial charge < -0.3 is 19.6 Å². The van der Waals surface area contributed by atoms with Gasteiger partial charge in [-0.15, -0.1) is 11.3 Å². The van der Waals surface area contributed by atoms with Gasteiger partial charge in [0.1, 0.15) is 0 Å². The topological polar surface area (TPSA) is 13.0 Å². The zero-order chi connectivity index (χ0) is 56.9. The van der Waals surface area contributed by atoms with Crippen LogP contribution in [0.25, 0.3) is 42.4 Å². The summed E-state index contributed by atoms with van der Waals surface area (Å²) in [5.41, 5.74) is 29.8. The van der Waals surface area contributed by atoms with Crippen molar-refractivity contribution in [3.63, 3.8) is 0 Å². The van der Waals surface area contributed by atoms with Gasteiger partial charge in [0.25, 0.3) is 0 Å². The Labute approximate surface area is 489 Å². The van der Waals surface area contributed by atoms with Gasteiger partial charge in [-0.05, 0) is 235 Å². The smallest absolute Gasteiger partial charge is 0.0491 e. The summed E-state index contributed by atoms with van der Waals surface area (Å²) in [6.45, 7) is 21.9. The highest BCUT2D eigenvalue weighted by Gasteiger charge is 2.21. The lowest BCUT2D eigenvalue weighted by atomic mass is 10.0. The first-order valence-electron chi connectivity index (χ1n) is 28.5. The number of rotatable bonds is 13. The number of hydrogen-bond acceptors (Lipinski definition) is 5. The van der Waals surface area contributed by atoms with Crippen molar-refractivity contribution >= 4 is 94.1 Å². The number of hydrogen-bond donors (Lipinski definition) is 0. The normalized spacial score (nSPS) is 11.4. The molecule has 0 saturated heterocycles. The van der Waals surface area contributed by atoms with Gasteiger partial charge in [-0.25, -0.2) is 0 Å². The molecule has 4 nitrogen and oxygen atoms in total. The fraction of sp³-hybridized carbons (Fsp3) is 0.143. The molecule has 1 heterocycles. The molecule has 404 valence electrons. The van der Waals surface area contributed by atoms with Crippen LogP contribution >= 0.6 is 11.3 Å². The molecule has 0 atom stereocenters. The maximum atomic E-state index is 2.42. The molecule has 5 heteroatoms. The maximum Gasteiger partial charge on any atom is 0.0491 e. The second-order valence-electron chi connectivity index (χ2n) is 22.7. The van der Waals surface area contributed by atoms with Crippen LogP contribution in [0.1, 0.15) is 55.6 Å². The molecule has 1 aromatic heterocycles. The summed E-state index contributed by atoms with van der Waals surface area (Å²) < 4.78 is 2.57. The van der Waals surface area contributed by atoms with Gasteiger partial charge in [0.05, 0.1) is 0 Å². The van der Waals surface area contributed by atoms with Crippen molar-refractivity contribution in [2.45, 2.75) is 69.2 Å². The van der Waals surface area contributed by atoms with Gasteiger partial charge in [0.2, 0.25) is 0 Å². The zero-order valence-electron chi connectivity index (χ0n) is 49.1. The number of fused-ring (bicyclic) bond motifs is 3. The maximum absolute atomic E-state index is 2.42. The van der Waals surface area contributed by atoms with Crippen LogP contribution in [-0.4, -0.2) is 7.05 Å². The molecule has 0 aliphatic rings. The van der Waals surface area contributed by atoms with Crippen molar-refractivity contribution in [2.75, 3.05) is 26.6 Å². The van der Waals surface area contributed by atoms with E-state index in [1.54, 1.807) is 0 Å². The second-order valence-corrected chi connectivity index (χ2v) is 23.7. The van der Waals surface area contributed by atoms with E-state index in [0.717, 1.165) is 45.3 Å². The van der Waals surface area contributed by atoms with Crippen molar-refractivity contribution in [2.24, 2.45) is 0 Å². The van der Waals surface area contributed by atoms with E-state index in [-0.39, 0.29) is 0 Å². The fourth-order valence-corrected chi connectivity index (χ4v) is 13.2. The summed E-state index contributed by atoms with van der Waals surface area (Å²) in [4.78, 5) is 9.52. The number of aryl methyl sites for hydroxylation is 10. The molecular weight excluding hydrogens is 1010 g/mol. The van der Waals surface area contributed by atoms with Crippen LogP contribution in [0.5, 0.6) is 0 Å². The van der Waals surface area contributed by atoms with Crippen molar-refractivity contribution in [1.82, 2.24) is 0 Å². The lowest BCUT2D eigenvalue weighted by Crippen LogP contribution is -2.13. The van der Waals surface area contributed by atoms with Crippen LogP contribution in [0.3, 0.4) is 0 Å². The Morgan fingerprint density at radius 2 is 0.488 bits per heavy atom. The Morgan fingerprint density at radius 3 is 0.817 bits per heavy atom. The van der Waals surface area contributed by atoms with Crippen LogP contribution in [0.2, 0.25) is 0 Å². The summed E-state index contributed by atoms with van der Waals surface area (Å²) in [6, 6.07) is 83.8. The molecule has 0 spiro atoms. The highest BCUT2D eigenvalue weighted by atomic mass is 32.1. The minimum atomic E-state index is 1.10. The van der Waals surface area contributed by atoms with Crippen LogP contribution in [-0.2, 0) is 0 Å². The summed E-state index contributed by atoms with van der Waals surface area (Å²) in [7, 11) is 2.18. The van der Waals surface area contributed by atoms with Crippen LogP contribution in [0.15, 0.2) is 224 Å². The molecular formula is C77H70N4S. The predicted molar refractivity (Wildman–Crippen MR) is 356 cm³/mol. The van der Waals surface area contributed by atoms with E-state index in [9.17, 15) is 0 Å². The summed E-state index contributed by atoms with van der Waals surface area (Å²) in [6.07, 6.45) is 0. The minimum Gasteiger partial charge on any atom is -0.344 e. The van der Waals surface area contributed by atoms with Gasteiger partial charge in [-0.3, -0.25) is 0 Å². The summed E-state index contributed by atoms with van der Waals surface area (Å²) >= 11 is 1.86. The van der Waals surface area contributed by atoms with Gasteiger partial charge in [0.15, 0.2) is 0 Å². The van der Waals surface area contributed by atoms with Gasteiger partial charge in [-0.1, -0.05) is 137 Å². The molecule has 0 unspecified atom stereocenters. The Kier molecular flexibility index (Phi) is 14.4. The lowest BCUT2D eigenvalue weighted by Gasteiger charge is -2.29. The Hall–Kier alpha value is -9.16. The third kappa shape index (κ3) is 10.4. The summed E-state index contributed by atoms with van der Waals surface area (Å²) in [5.74, 6) is 0. The average Bonchev–Trinajstić information content (AvgIpc) is 4.06. The lowest BCUT2D eigenvalue weighted by molar-refractivity contribution is 1.18. The SMILES string of the molecule is Cc1ccc(N(C)c2ccc3sc4ccc(N(c5ccc(-c6ccc(N(c7ccc(-c8ccc(N(c9ccc(C)cc9C)c9ccc(C)cc9C)cc8)cc7)c7ccc(C)cc7C)cc6)cc5)c5ccc(C)cc5C)cc4c3c2)c(C)c1. The third-order valence-electron chi connectivity index (χ3n) is 16.3. The van der Waals surface area contributed by atoms with E-state index in [2.05, 4.69) is 320 Å². The number of anilines is 11. The van der Waals surface area contributed by atoms with Crippen LogP contribution in [0.4, 0.5) is 62.6 Å². The van der Waals surface area contributed by atoms with Crippen molar-refractivity contribution < 1.29 is 0 Å². The molecule has 12 rings (SSSR count). The fourth-order valence-electron chi connectivity index (χ4n) is 12.1. The van der Waals surface area contributed by atoms with Gasteiger partial charge in [0, 0.05) is 89.8 Å². The highest BCUT2D eigenvalue weighted by Crippen LogP contribution is 2.45. The zero-order valence-corrected chi connectivity index (χ0v) is 49.9. The molecule has 0 fully saturated rings.